The standard InChI is InChI=1S/C14H17BrN2O4/c15-10-7-9(8-16-12(10)19)11(18)17-14(13(20)21)5-3-1-2-4-6-14/h7-8H,1-6H2,(H,16,19)(H,17,18)(H,20,21). The fourth-order valence-electron chi connectivity index (χ4n) is 2.60. The Balaban J connectivity index is 2.23. The molecule has 1 aromatic rings. The van der Waals surface area contributed by atoms with Crippen LogP contribution in [0.3, 0.4) is 0 Å². The molecule has 114 valence electrons. The van der Waals surface area contributed by atoms with Gasteiger partial charge in [0.05, 0.1) is 10.0 Å². The van der Waals surface area contributed by atoms with E-state index in [1.807, 2.05) is 0 Å². The first-order valence-corrected chi connectivity index (χ1v) is 7.68. The Bertz CT molecular complexity index is 603. The molecule has 1 aliphatic rings. The smallest absolute Gasteiger partial charge is 0.329 e. The number of hydrogen-bond acceptors (Lipinski definition) is 3. The highest BCUT2D eigenvalue weighted by molar-refractivity contribution is 9.10. The number of amides is 1. The van der Waals surface area contributed by atoms with Crippen molar-refractivity contribution < 1.29 is 14.7 Å². The van der Waals surface area contributed by atoms with Crippen molar-refractivity contribution in [3.05, 3.63) is 32.7 Å². The number of rotatable bonds is 3. The SMILES string of the molecule is O=C(NC1(C(=O)O)CCCCCC1)c1c[nH]c(=O)c(Br)c1. The minimum Gasteiger partial charge on any atom is -0.480 e. The first-order chi connectivity index (χ1) is 9.94. The number of H-pyrrole nitrogens is 1. The van der Waals surface area contributed by atoms with E-state index in [1.54, 1.807) is 0 Å². The number of aromatic nitrogens is 1. The van der Waals surface area contributed by atoms with E-state index < -0.39 is 17.4 Å². The molecule has 1 saturated carbocycles. The highest BCUT2D eigenvalue weighted by Crippen LogP contribution is 2.28. The summed E-state index contributed by atoms with van der Waals surface area (Å²) in [7, 11) is 0. The molecule has 0 atom stereocenters. The molecular weight excluding hydrogens is 340 g/mol. The summed E-state index contributed by atoms with van der Waals surface area (Å²) >= 11 is 3.05. The maximum Gasteiger partial charge on any atom is 0.329 e. The van der Waals surface area contributed by atoms with Gasteiger partial charge in [-0.3, -0.25) is 9.59 Å². The lowest BCUT2D eigenvalue weighted by molar-refractivity contribution is -0.145. The Kier molecular flexibility index (Phi) is 4.82. The van der Waals surface area contributed by atoms with Crippen molar-refractivity contribution in [2.24, 2.45) is 0 Å². The molecule has 0 radical (unpaired) electrons. The van der Waals surface area contributed by atoms with Crippen molar-refractivity contribution in [1.29, 1.82) is 0 Å². The van der Waals surface area contributed by atoms with Gasteiger partial charge in [0.25, 0.3) is 11.5 Å². The van der Waals surface area contributed by atoms with Crippen molar-refractivity contribution >= 4 is 27.8 Å². The van der Waals surface area contributed by atoms with Gasteiger partial charge in [-0.15, -0.1) is 0 Å². The number of aromatic amines is 1. The van der Waals surface area contributed by atoms with Gasteiger partial charge >= 0.3 is 5.97 Å². The fourth-order valence-corrected chi connectivity index (χ4v) is 2.96. The largest absolute Gasteiger partial charge is 0.480 e. The van der Waals surface area contributed by atoms with Gasteiger partial charge in [-0.05, 0) is 34.8 Å². The summed E-state index contributed by atoms with van der Waals surface area (Å²) in [6.45, 7) is 0. The lowest BCUT2D eigenvalue weighted by Gasteiger charge is -2.29. The minimum absolute atomic E-state index is 0.228. The van der Waals surface area contributed by atoms with Crippen LogP contribution in [0.1, 0.15) is 48.9 Å². The van der Waals surface area contributed by atoms with Gasteiger partial charge in [-0.25, -0.2) is 4.79 Å². The van der Waals surface area contributed by atoms with E-state index in [-0.39, 0.29) is 15.6 Å². The summed E-state index contributed by atoms with van der Waals surface area (Å²) in [5.74, 6) is -1.49. The van der Waals surface area contributed by atoms with Crippen LogP contribution in [0, 0.1) is 0 Å². The Labute approximate surface area is 130 Å². The molecule has 1 amide bonds. The van der Waals surface area contributed by atoms with E-state index in [4.69, 9.17) is 0 Å². The number of nitrogens with one attached hydrogen (secondary N) is 2. The van der Waals surface area contributed by atoms with Crippen LogP contribution in [-0.4, -0.2) is 27.5 Å². The first kappa shape index (κ1) is 15.8. The molecule has 0 saturated heterocycles. The summed E-state index contributed by atoms with van der Waals surface area (Å²) in [4.78, 5) is 37.6. The van der Waals surface area contributed by atoms with Gasteiger partial charge in [0.2, 0.25) is 0 Å². The highest BCUT2D eigenvalue weighted by Gasteiger charge is 2.40. The Hall–Kier alpha value is -1.63. The number of carbonyl (C=O) groups excluding carboxylic acids is 1. The maximum atomic E-state index is 12.3. The molecule has 0 unspecified atom stereocenters. The molecule has 0 spiro atoms. The Morgan fingerprint density at radius 3 is 2.38 bits per heavy atom. The third-order valence-electron chi connectivity index (χ3n) is 3.84. The van der Waals surface area contributed by atoms with Crippen LogP contribution in [0.5, 0.6) is 0 Å². The van der Waals surface area contributed by atoms with Gasteiger partial charge in [-0.2, -0.15) is 0 Å². The van der Waals surface area contributed by atoms with Crippen molar-refractivity contribution in [2.45, 2.75) is 44.1 Å². The summed E-state index contributed by atoms with van der Waals surface area (Å²) < 4.78 is 0.236. The average molecular weight is 357 g/mol. The van der Waals surface area contributed by atoms with E-state index in [1.165, 1.54) is 12.3 Å². The topological polar surface area (TPSA) is 99.3 Å². The van der Waals surface area contributed by atoms with E-state index in [9.17, 15) is 19.5 Å². The molecule has 0 bridgehead atoms. The number of carboxylic acids is 1. The predicted octanol–water partition coefficient (Wildman–Crippen LogP) is 2.04. The first-order valence-electron chi connectivity index (χ1n) is 6.89. The van der Waals surface area contributed by atoms with Crippen LogP contribution in [0.4, 0.5) is 0 Å². The van der Waals surface area contributed by atoms with E-state index in [0.29, 0.717) is 12.8 Å². The van der Waals surface area contributed by atoms with Crippen LogP contribution in [-0.2, 0) is 4.79 Å². The monoisotopic (exact) mass is 356 g/mol. The second kappa shape index (κ2) is 6.43. The van der Waals surface area contributed by atoms with Crippen LogP contribution in [0.25, 0.3) is 0 Å². The second-order valence-corrected chi connectivity index (χ2v) is 6.18. The van der Waals surface area contributed by atoms with Crippen molar-refractivity contribution in [3.8, 4) is 0 Å². The zero-order valence-electron chi connectivity index (χ0n) is 11.4. The minimum atomic E-state index is -1.21. The van der Waals surface area contributed by atoms with Crippen molar-refractivity contribution in [2.75, 3.05) is 0 Å². The zero-order valence-corrected chi connectivity index (χ0v) is 13.0. The number of pyridine rings is 1. The molecule has 7 heteroatoms. The van der Waals surface area contributed by atoms with Gasteiger partial charge < -0.3 is 15.4 Å². The van der Waals surface area contributed by atoms with Gasteiger partial charge in [0.15, 0.2) is 0 Å². The van der Waals surface area contributed by atoms with Crippen molar-refractivity contribution in [3.63, 3.8) is 0 Å². The maximum absolute atomic E-state index is 12.3. The van der Waals surface area contributed by atoms with E-state index in [0.717, 1.165) is 25.7 Å². The quantitative estimate of drug-likeness (QED) is 0.721. The summed E-state index contributed by atoms with van der Waals surface area (Å²) in [5.41, 5.74) is -1.32. The molecule has 1 aliphatic carbocycles. The van der Waals surface area contributed by atoms with Gasteiger partial charge in [-0.1, -0.05) is 25.7 Å². The normalized spacial score (nSPS) is 17.8. The van der Waals surface area contributed by atoms with Crippen LogP contribution >= 0.6 is 15.9 Å². The van der Waals surface area contributed by atoms with Crippen LogP contribution in [0.15, 0.2) is 21.5 Å². The van der Waals surface area contributed by atoms with Crippen LogP contribution in [0.2, 0.25) is 0 Å². The summed E-state index contributed by atoms with van der Waals surface area (Å²) in [6.07, 6.45) is 5.67. The van der Waals surface area contributed by atoms with Crippen molar-refractivity contribution in [1.82, 2.24) is 10.3 Å². The molecule has 1 heterocycles. The molecule has 0 aromatic carbocycles. The van der Waals surface area contributed by atoms with Gasteiger partial charge in [0, 0.05) is 6.20 Å². The highest BCUT2D eigenvalue weighted by atomic mass is 79.9. The van der Waals surface area contributed by atoms with Gasteiger partial charge in [0.1, 0.15) is 5.54 Å². The van der Waals surface area contributed by atoms with Crippen LogP contribution < -0.4 is 10.9 Å². The van der Waals surface area contributed by atoms with E-state index in [2.05, 4.69) is 26.2 Å². The third kappa shape index (κ3) is 3.53. The summed E-state index contributed by atoms with van der Waals surface area (Å²) in [5, 5.41) is 12.2. The molecule has 1 fully saturated rings. The zero-order chi connectivity index (χ0) is 15.5. The number of aliphatic carboxylic acids is 1. The third-order valence-corrected chi connectivity index (χ3v) is 4.43. The average Bonchev–Trinajstić information content (AvgIpc) is 2.68. The molecule has 1 aromatic heterocycles. The molecule has 0 aliphatic heterocycles. The Morgan fingerprint density at radius 1 is 1.24 bits per heavy atom. The lowest BCUT2D eigenvalue weighted by Crippen LogP contribution is -2.54. The van der Waals surface area contributed by atoms with E-state index >= 15 is 0 Å². The fraction of sp³-hybridized carbons (Fsp3) is 0.500. The molecule has 2 rings (SSSR count). The molecular formula is C14H17BrN2O4. The lowest BCUT2D eigenvalue weighted by atomic mass is 9.90. The second-order valence-electron chi connectivity index (χ2n) is 5.32. The molecule has 6 nitrogen and oxygen atoms in total. The Morgan fingerprint density at radius 2 is 1.86 bits per heavy atom. The number of carbonyl (C=O) groups is 2. The number of hydrogen-bond donors (Lipinski definition) is 3. The predicted molar refractivity (Wildman–Crippen MR) is 80.3 cm³/mol. The molecule has 3 N–H and O–H groups in total. The number of halogens is 1. The summed E-state index contributed by atoms with van der Waals surface area (Å²) in [6, 6.07) is 1.39. The molecule has 21 heavy (non-hydrogen) atoms. The number of carboxylic acid groups (broad SMARTS) is 1.